The first-order valence-corrected chi connectivity index (χ1v) is 21.0. The van der Waals surface area contributed by atoms with Crippen molar-refractivity contribution < 1.29 is 0 Å². The molecule has 7 nitrogen and oxygen atoms in total. The predicted molar refractivity (Wildman–Crippen MR) is 248 cm³/mol. The summed E-state index contributed by atoms with van der Waals surface area (Å²) in [5.74, 6) is 1.82. The minimum Gasteiger partial charge on any atom is -0.299 e. The topological polar surface area (TPSA) is 73.3 Å². The van der Waals surface area contributed by atoms with Crippen LogP contribution in [0.25, 0.3) is 111 Å². The standard InChI is InChI=1S/C53H33N7S/c1-3-13-34(14-4-1)47-49(59-31-11-9-19-45(59)54-47)36-21-25-38(26-22-36)51-56-52(58-53(57-51)40-29-30-42-41-17-7-8-18-43(41)61-44(42)33-40)39-27-23-37(24-28-39)50-48(35-15-5-2-6-16-35)55-46-20-10-12-32-60(46)50/h1-33H. The van der Waals surface area contributed by atoms with E-state index in [-0.39, 0.29) is 0 Å². The van der Waals surface area contributed by atoms with E-state index in [2.05, 4.69) is 161 Å². The Bertz CT molecular complexity index is 3390. The van der Waals surface area contributed by atoms with Crippen molar-refractivity contribution in [1.82, 2.24) is 33.7 Å². The molecule has 0 aliphatic heterocycles. The predicted octanol–water partition coefficient (Wildman–Crippen LogP) is 13.2. The Balaban J connectivity index is 0.982. The molecule has 12 aromatic rings. The van der Waals surface area contributed by atoms with E-state index in [0.29, 0.717) is 17.5 Å². The van der Waals surface area contributed by atoms with Gasteiger partial charge in [0.05, 0.1) is 22.8 Å². The first kappa shape index (κ1) is 34.9. The number of imidazole rings is 2. The molecular formula is C53H33N7S. The summed E-state index contributed by atoms with van der Waals surface area (Å²) in [6.07, 6.45) is 4.14. The Kier molecular flexibility index (Phi) is 8.21. The third-order valence-electron chi connectivity index (χ3n) is 11.3. The molecule has 6 heterocycles. The average molecular weight is 800 g/mol. The number of fused-ring (bicyclic) bond motifs is 5. The molecule has 0 saturated carbocycles. The Morgan fingerprint density at radius 1 is 0.311 bits per heavy atom. The molecule has 6 aromatic heterocycles. The normalized spacial score (nSPS) is 11.6. The highest BCUT2D eigenvalue weighted by atomic mass is 32.1. The van der Waals surface area contributed by atoms with Crippen molar-refractivity contribution >= 4 is 42.8 Å². The van der Waals surface area contributed by atoms with Crippen molar-refractivity contribution in [3.05, 3.63) is 200 Å². The Morgan fingerprint density at radius 2 is 0.738 bits per heavy atom. The van der Waals surface area contributed by atoms with Crippen LogP contribution in [0.3, 0.4) is 0 Å². The smallest absolute Gasteiger partial charge is 0.164 e. The van der Waals surface area contributed by atoms with E-state index in [0.717, 1.165) is 73.0 Å². The van der Waals surface area contributed by atoms with Crippen molar-refractivity contribution in [2.24, 2.45) is 0 Å². The second kappa shape index (κ2) is 14.3. The number of rotatable bonds is 7. The lowest BCUT2D eigenvalue weighted by Gasteiger charge is -2.11. The second-order valence-electron chi connectivity index (χ2n) is 15.0. The Morgan fingerprint density at radius 3 is 1.28 bits per heavy atom. The molecule has 0 N–H and O–H groups in total. The van der Waals surface area contributed by atoms with Gasteiger partial charge in [0.15, 0.2) is 17.5 Å². The summed E-state index contributed by atoms with van der Waals surface area (Å²) >= 11 is 1.79. The van der Waals surface area contributed by atoms with E-state index in [1.165, 1.54) is 20.2 Å². The maximum Gasteiger partial charge on any atom is 0.164 e. The number of thiophene rings is 1. The molecule has 0 saturated heterocycles. The van der Waals surface area contributed by atoms with E-state index >= 15 is 0 Å². The molecule has 286 valence electrons. The lowest BCUT2D eigenvalue weighted by Crippen LogP contribution is -2.00. The third kappa shape index (κ3) is 6.08. The van der Waals surface area contributed by atoms with Crippen molar-refractivity contribution in [2.75, 3.05) is 0 Å². The Labute approximate surface area is 354 Å². The second-order valence-corrected chi connectivity index (χ2v) is 16.1. The van der Waals surface area contributed by atoms with Gasteiger partial charge in [0.2, 0.25) is 0 Å². The zero-order valence-corrected chi connectivity index (χ0v) is 33.4. The van der Waals surface area contributed by atoms with Gasteiger partial charge in [-0.05, 0) is 36.4 Å². The molecule has 6 aromatic carbocycles. The van der Waals surface area contributed by atoms with E-state index in [9.17, 15) is 0 Å². The zero-order valence-electron chi connectivity index (χ0n) is 32.6. The number of pyridine rings is 2. The lowest BCUT2D eigenvalue weighted by molar-refractivity contribution is 1.07. The highest BCUT2D eigenvalue weighted by Crippen LogP contribution is 2.38. The number of benzene rings is 6. The van der Waals surface area contributed by atoms with Crippen LogP contribution in [0, 0.1) is 0 Å². The molecule has 0 amide bonds. The largest absolute Gasteiger partial charge is 0.299 e. The van der Waals surface area contributed by atoms with Gasteiger partial charge in [-0.15, -0.1) is 11.3 Å². The molecule has 0 aliphatic rings. The SMILES string of the molecule is c1ccc(-c2nc3ccccn3c2-c2ccc(-c3nc(-c4ccc(-c5c(-c6ccccc6)nc6ccccn56)cc4)nc(-c4ccc5c(c4)sc4ccccc45)n3)cc2)cc1. The summed E-state index contributed by atoms with van der Waals surface area (Å²) in [5, 5.41) is 2.49. The van der Waals surface area contributed by atoms with Crippen molar-refractivity contribution in [2.45, 2.75) is 0 Å². The maximum atomic E-state index is 5.16. The molecule has 8 heteroatoms. The molecule has 0 spiro atoms. The van der Waals surface area contributed by atoms with Crippen LogP contribution in [0.5, 0.6) is 0 Å². The minimum atomic E-state index is 0.599. The van der Waals surface area contributed by atoms with Crippen LogP contribution in [-0.2, 0) is 0 Å². The number of hydrogen-bond acceptors (Lipinski definition) is 6. The monoisotopic (exact) mass is 799 g/mol. The number of aromatic nitrogens is 7. The molecule has 0 bridgehead atoms. The number of hydrogen-bond donors (Lipinski definition) is 0. The van der Waals surface area contributed by atoms with Crippen LogP contribution in [0.1, 0.15) is 0 Å². The van der Waals surface area contributed by atoms with Gasteiger partial charge in [0, 0.05) is 71.5 Å². The summed E-state index contributed by atoms with van der Waals surface area (Å²) in [7, 11) is 0. The van der Waals surface area contributed by atoms with E-state index in [4.69, 9.17) is 24.9 Å². The molecule has 0 unspecified atom stereocenters. The van der Waals surface area contributed by atoms with Gasteiger partial charge in [0.1, 0.15) is 11.3 Å². The quantitative estimate of drug-likeness (QED) is 0.161. The first-order valence-electron chi connectivity index (χ1n) is 20.2. The first-order chi connectivity index (χ1) is 30.2. The zero-order chi connectivity index (χ0) is 40.3. The maximum absolute atomic E-state index is 5.16. The Hall–Kier alpha value is -8.07. The summed E-state index contributed by atoms with van der Waals surface area (Å²) < 4.78 is 6.76. The minimum absolute atomic E-state index is 0.599. The molecule has 0 radical (unpaired) electrons. The molecular weight excluding hydrogens is 767 g/mol. The van der Waals surface area contributed by atoms with Gasteiger partial charge >= 0.3 is 0 Å². The highest BCUT2D eigenvalue weighted by Gasteiger charge is 2.20. The van der Waals surface area contributed by atoms with Gasteiger partial charge in [-0.1, -0.05) is 152 Å². The van der Waals surface area contributed by atoms with Crippen LogP contribution in [0.2, 0.25) is 0 Å². The van der Waals surface area contributed by atoms with Gasteiger partial charge in [-0.3, -0.25) is 8.80 Å². The fraction of sp³-hybridized carbons (Fsp3) is 0. The third-order valence-corrected chi connectivity index (χ3v) is 12.4. The molecule has 12 rings (SSSR count). The van der Waals surface area contributed by atoms with Crippen LogP contribution in [0.4, 0.5) is 0 Å². The fourth-order valence-electron chi connectivity index (χ4n) is 8.32. The van der Waals surface area contributed by atoms with E-state index < -0.39 is 0 Å². The van der Waals surface area contributed by atoms with Gasteiger partial charge in [-0.25, -0.2) is 24.9 Å². The van der Waals surface area contributed by atoms with Crippen LogP contribution >= 0.6 is 11.3 Å². The van der Waals surface area contributed by atoms with E-state index in [1.54, 1.807) is 11.3 Å². The number of nitrogens with zero attached hydrogens (tertiary/aromatic N) is 7. The van der Waals surface area contributed by atoms with Gasteiger partial charge in [0.25, 0.3) is 0 Å². The van der Waals surface area contributed by atoms with Crippen LogP contribution < -0.4 is 0 Å². The van der Waals surface area contributed by atoms with Crippen molar-refractivity contribution in [3.8, 4) is 79.2 Å². The van der Waals surface area contributed by atoms with Crippen LogP contribution in [0.15, 0.2) is 200 Å². The van der Waals surface area contributed by atoms with E-state index in [1.807, 2.05) is 48.5 Å². The molecule has 0 atom stereocenters. The average Bonchev–Trinajstić information content (AvgIpc) is 4.04. The summed E-state index contributed by atoms with van der Waals surface area (Å²) in [6, 6.07) is 64.9. The van der Waals surface area contributed by atoms with Crippen molar-refractivity contribution in [3.63, 3.8) is 0 Å². The molecule has 61 heavy (non-hydrogen) atoms. The van der Waals surface area contributed by atoms with Crippen molar-refractivity contribution in [1.29, 1.82) is 0 Å². The highest BCUT2D eigenvalue weighted by molar-refractivity contribution is 7.25. The fourth-order valence-corrected chi connectivity index (χ4v) is 9.47. The lowest BCUT2D eigenvalue weighted by atomic mass is 10.0. The molecule has 0 aliphatic carbocycles. The summed E-state index contributed by atoms with van der Waals surface area (Å²) in [6.45, 7) is 0. The van der Waals surface area contributed by atoms with Gasteiger partial charge < -0.3 is 0 Å². The summed E-state index contributed by atoms with van der Waals surface area (Å²) in [5.41, 5.74) is 12.7. The summed E-state index contributed by atoms with van der Waals surface area (Å²) in [4.78, 5) is 25.6. The molecule has 0 fully saturated rings. The van der Waals surface area contributed by atoms with Crippen LogP contribution in [-0.4, -0.2) is 33.7 Å². The van der Waals surface area contributed by atoms with Gasteiger partial charge in [-0.2, -0.15) is 0 Å².